The van der Waals surface area contributed by atoms with E-state index in [9.17, 15) is 5.11 Å². The molecule has 1 aromatic carbocycles. The summed E-state index contributed by atoms with van der Waals surface area (Å²) >= 11 is 0. The van der Waals surface area contributed by atoms with E-state index in [0.29, 0.717) is 25.6 Å². The Labute approximate surface area is 118 Å². The first-order valence-corrected chi connectivity index (χ1v) is 6.73. The molecule has 4 heteroatoms. The predicted octanol–water partition coefficient (Wildman–Crippen LogP) is 2.59. The largest absolute Gasteiger partial charge is 0.492 e. The van der Waals surface area contributed by atoms with Gasteiger partial charge in [-0.05, 0) is 29.7 Å². The summed E-state index contributed by atoms with van der Waals surface area (Å²) in [6, 6.07) is 7.78. The minimum absolute atomic E-state index is 0.581. The quantitative estimate of drug-likeness (QED) is 0.928. The van der Waals surface area contributed by atoms with Crippen molar-refractivity contribution < 1.29 is 14.6 Å². The Morgan fingerprint density at radius 1 is 1.20 bits per heavy atom. The van der Waals surface area contributed by atoms with Gasteiger partial charge >= 0.3 is 0 Å². The van der Waals surface area contributed by atoms with Gasteiger partial charge in [-0.3, -0.25) is 4.98 Å². The lowest BCUT2D eigenvalue weighted by molar-refractivity contribution is 0.134. The van der Waals surface area contributed by atoms with E-state index < -0.39 is 6.10 Å². The molecule has 0 amide bonds. The highest BCUT2D eigenvalue weighted by Gasteiger charge is 2.16. The van der Waals surface area contributed by atoms with E-state index in [4.69, 9.17) is 9.47 Å². The molecule has 1 aliphatic rings. The zero-order valence-electron chi connectivity index (χ0n) is 11.4. The van der Waals surface area contributed by atoms with Gasteiger partial charge in [0, 0.05) is 11.8 Å². The molecule has 3 rings (SSSR count). The Morgan fingerprint density at radius 3 is 2.90 bits per heavy atom. The van der Waals surface area contributed by atoms with Crippen molar-refractivity contribution in [1.29, 1.82) is 0 Å². The van der Waals surface area contributed by atoms with Crippen molar-refractivity contribution in [3.63, 3.8) is 0 Å². The summed E-state index contributed by atoms with van der Waals surface area (Å²) in [7, 11) is 0. The Hall–Kier alpha value is -1.91. The standard InChI is InChI=1S/C16H17NO3/c1-2-20-15-6-13(7-17-8-15)16(18)11-3-4-12-9-19-10-14(12)5-11/h3-8,16,18H,2,9-10H2,1H3. The highest BCUT2D eigenvalue weighted by molar-refractivity contribution is 5.38. The number of aromatic nitrogens is 1. The summed E-state index contributed by atoms with van der Waals surface area (Å²) in [5.41, 5.74) is 3.93. The number of hydrogen-bond donors (Lipinski definition) is 1. The molecule has 1 aliphatic heterocycles. The van der Waals surface area contributed by atoms with Crippen molar-refractivity contribution in [2.75, 3.05) is 6.61 Å². The number of rotatable bonds is 4. The monoisotopic (exact) mass is 271 g/mol. The second kappa shape index (κ2) is 5.61. The van der Waals surface area contributed by atoms with Gasteiger partial charge in [0.2, 0.25) is 0 Å². The first-order valence-electron chi connectivity index (χ1n) is 6.73. The van der Waals surface area contributed by atoms with E-state index in [-0.39, 0.29) is 0 Å². The topological polar surface area (TPSA) is 51.6 Å². The van der Waals surface area contributed by atoms with Crippen LogP contribution in [0.4, 0.5) is 0 Å². The van der Waals surface area contributed by atoms with E-state index in [1.807, 2.05) is 31.2 Å². The minimum atomic E-state index is -0.700. The fraction of sp³-hybridized carbons (Fsp3) is 0.312. The Kier molecular flexibility index (Phi) is 3.67. The zero-order chi connectivity index (χ0) is 13.9. The fourth-order valence-corrected chi connectivity index (χ4v) is 2.39. The summed E-state index contributed by atoms with van der Waals surface area (Å²) in [6.45, 7) is 3.78. The van der Waals surface area contributed by atoms with Gasteiger partial charge in [-0.2, -0.15) is 0 Å². The number of ether oxygens (including phenoxy) is 2. The van der Waals surface area contributed by atoms with Crippen LogP contribution in [0.5, 0.6) is 5.75 Å². The van der Waals surface area contributed by atoms with Gasteiger partial charge in [-0.1, -0.05) is 18.2 Å². The van der Waals surface area contributed by atoms with Gasteiger partial charge in [-0.25, -0.2) is 0 Å². The highest BCUT2D eigenvalue weighted by Crippen LogP contribution is 2.28. The molecule has 1 N–H and O–H groups in total. The highest BCUT2D eigenvalue weighted by atomic mass is 16.5. The molecular weight excluding hydrogens is 254 g/mol. The third kappa shape index (κ3) is 2.53. The van der Waals surface area contributed by atoms with E-state index >= 15 is 0 Å². The number of aliphatic hydroxyl groups excluding tert-OH is 1. The van der Waals surface area contributed by atoms with Crippen LogP contribution in [0.3, 0.4) is 0 Å². The van der Waals surface area contributed by atoms with Crippen LogP contribution in [0, 0.1) is 0 Å². The van der Waals surface area contributed by atoms with Crippen LogP contribution in [0.25, 0.3) is 0 Å². The molecular formula is C16H17NO3. The van der Waals surface area contributed by atoms with E-state index in [1.54, 1.807) is 12.4 Å². The number of nitrogens with zero attached hydrogens (tertiary/aromatic N) is 1. The smallest absolute Gasteiger partial charge is 0.137 e. The summed E-state index contributed by atoms with van der Waals surface area (Å²) in [5, 5.41) is 10.5. The molecule has 4 nitrogen and oxygen atoms in total. The molecule has 0 fully saturated rings. The molecule has 0 bridgehead atoms. The fourth-order valence-electron chi connectivity index (χ4n) is 2.39. The van der Waals surface area contributed by atoms with Gasteiger partial charge in [0.1, 0.15) is 11.9 Å². The van der Waals surface area contributed by atoms with Crippen LogP contribution in [-0.2, 0) is 18.0 Å². The second-order valence-corrected chi connectivity index (χ2v) is 4.81. The summed E-state index contributed by atoms with van der Waals surface area (Å²) in [5.74, 6) is 0.675. The van der Waals surface area contributed by atoms with Crippen LogP contribution in [0.1, 0.15) is 35.3 Å². The SMILES string of the molecule is CCOc1cncc(C(O)c2ccc3c(c2)COC3)c1. The summed E-state index contributed by atoms with van der Waals surface area (Å²) < 4.78 is 10.8. The summed E-state index contributed by atoms with van der Waals surface area (Å²) in [4.78, 5) is 4.11. The van der Waals surface area contributed by atoms with Crippen molar-refractivity contribution in [3.05, 3.63) is 58.9 Å². The summed E-state index contributed by atoms with van der Waals surface area (Å²) in [6.07, 6.45) is 2.61. The zero-order valence-corrected chi connectivity index (χ0v) is 11.4. The third-order valence-corrected chi connectivity index (χ3v) is 3.42. The normalized spacial score (nSPS) is 14.9. The second-order valence-electron chi connectivity index (χ2n) is 4.81. The first kappa shape index (κ1) is 13.1. The molecule has 104 valence electrons. The van der Waals surface area contributed by atoms with Gasteiger partial charge in [0.15, 0.2) is 0 Å². The molecule has 2 aromatic rings. The molecule has 0 saturated carbocycles. The molecule has 0 radical (unpaired) electrons. The average molecular weight is 271 g/mol. The number of aliphatic hydroxyl groups is 1. The lowest BCUT2D eigenvalue weighted by Crippen LogP contribution is -2.02. The maximum atomic E-state index is 10.5. The molecule has 1 atom stereocenters. The Bertz CT molecular complexity index is 612. The average Bonchev–Trinajstić information content (AvgIpc) is 2.94. The van der Waals surface area contributed by atoms with Gasteiger partial charge in [-0.15, -0.1) is 0 Å². The molecule has 1 unspecified atom stereocenters. The number of pyridine rings is 1. The van der Waals surface area contributed by atoms with Crippen molar-refractivity contribution in [3.8, 4) is 5.75 Å². The molecule has 0 spiro atoms. The molecule has 2 heterocycles. The van der Waals surface area contributed by atoms with Crippen molar-refractivity contribution in [2.24, 2.45) is 0 Å². The van der Waals surface area contributed by atoms with Gasteiger partial charge in [0.05, 0.1) is 26.0 Å². The minimum Gasteiger partial charge on any atom is -0.492 e. The number of benzene rings is 1. The van der Waals surface area contributed by atoms with E-state index in [2.05, 4.69) is 4.98 Å². The molecule has 0 saturated heterocycles. The van der Waals surface area contributed by atoms with Crippen LogP contribution in [0.2, 0.25) is 0 Å². The molecule has 0 aliphatic carbocycles. The van der Waals surface area contributed by atoms with Crippen LogP contribution >= 0.6 is 0 Å². The van der Waals surface area contributed by atoms with Crippen molar-refractivity contribution in [1.82, 2.24) is 4.98 Å². The van der Waals surface area contributed by atoms with E-state index in [1.165, 1.54) is 5.56 Å². The van der Waals surface area contributed by atoms with Crippen molar-refractivity contribution >= 4 is 0 Å². The van der Waals surface area contributed by atoms with Crippen LogP contribution in [-0.4, -0.2) is 16.7 Å². The molecule has 1 aromatic heterocycles. The maximum Gasteiger partial charge on any atom is 0.137 e. The lowest BCUT2D eigenvalue weighted by Gasteiger charge is -2.13. The molecule has 20 heavy (non-hydrogen) atoms. The number of hydrogen-bond acceptors (Lipinski definition) is 4. The number of fused-ring (bicyclic) bond motifs is 1. The van der Waals surface area contributed by atoms with Gasteiger partial charge < -0.3 is 14.6 Å². The van der Waals surface area contributed by atoms with Crippen molar-refractivity contribution in [2.45, 2.75) is 26.2 Å². The third-order valence-electron chi connectivity index (χ3n) is 3.42. The van der Waals surface area contributed by atoms with Gasteiger partial charge in [0.25, 0.3) is 0 Å². The van der Waals surface area contributed by atoms with Crippen LogP contribution < -0.4 is 4.74 Å². The van der Waals surface area contributed by atoms with Crippen LogP contribution in [0.15, 0.2) is 36.7 Å². The Morgan fingerprint density at radius 2 is 2.05 bits per heavy atom. The first-order chi connectivity index (χ1) is 9.78. The maximum absolute atomic E-state index is 10.5. The van der Waals surface area contributed by atoms with E-state index in [0.717, 1.165) is 16.7 Å². The Balaban J connectivity index is 1.88. The predicted molar refractivity (Wildman–Crippen MR) is 74.4 cm³/mol. The lowest BCUT2D eigenvalue weighted by atomic mass is 9.99.